The second-order valence-electron chi connectivity index (χ2n) is 19.6. The summed E-state index contributed by atoms with van der Waals surface area (Å²) in [5.74, 6) is 3.94. The number of ether oxygens (including phenoxy) is 1. The molecule has 6 rings (SSSR count). The zero-order valence-corrected chi connectivity index (χ0v) is 45.2. The fraction of sp³-hybridized carbons (Fsp3) is 0.536. The van der Waals surface area contributed by atoms with Crippen molar-refractivity contribution in [1.29, 1.82) is 0 Å². The molecule has 8 nitrogen and oxygen atoms in total. The van der Waals surface area contributed by atoms with Crippen molar-refractivity contribution in [2.45, 2.75) is 155 Å². The molecular formula is C56H83N3O5S3. The predicted octanol–water partition coefficient (Wildman–Crippen LogP) is 14.5. The van der Waals surface area contributed by atoms with Crippen LogP contribution in [-0.4, -0.2) is 59.3 Å². The third kappa shape index (κ3) is 19.6. The largest absolute Gasteiger partial charge is 0.465 e. The number of nitrogens with zero attached hydrogens (tertiary/aromatic N) is 2. The molecule has 11 heteroatoms. The van der Waals surface area contributed by atoms with Gasteiger partial charge in [-0.3, -0.25) is 4.57 Å². The maximum absolute atomic E-state index is 12.3. The number of imidazole rings is 1. The first kappa shape index (κ1) is 57.4. The summed E-state index contributed by atoms with van der Waals surface area (Å²) in [5.41, 5.74) is 4.60. The number of thiophene rings is 1. The Morgan fingerprint density at radius 3 is 2.19 bits per heavy atom. The molecule has 0 saturated carbocycles. The van der Waals surface area contributed by atoms with Gasteiger partial charge in [-0.15, -0.1) is 11.3 Å². The van der Waals surface area contributed by atoms with E-state index in [0.717, 1.165) is 53.3 Å². The van der Waals surface area contributed by atoms with Crippen LogP contribution in [0.4, 0.5) is 0 Å². The second kappa shape index (κ2) is 29.2. The summed E-state index contributed by atoms with van der Waals surface area (Å²) >= 11 is 2.95. The molecule has 0 amide bonds. The lowest BCUT2D eigenvalue weighted by atomic mass is 9.77. The highest BCUT2D eigenvalue weighted by Gasteiger charge is 2.32. The smallest absolute Gasteiger partial charge is 0.349 e. The number of rotatable bonds is 20. The summed E-state index contributed by atoms with van der Waals surface area (Å²) in [6.45, 7) is 23.7. The summed E-state index contributed by atoms with van der Waals surface area (Å²) in [4.78, 5) is 16.3. The third-order valence-electron chi connectivity index (χ3n) is 12.3. The average Bonchev–Trinajstić information content (AvgIpc) is 4.08. The highest BCUT2D eigenvalue weighted by atomic mass is 32.2. The number of nitrogens with one attached hydrogen (secondary N) is 1. The van der Waals surface area contributed by atoms with E-state index >= 15 is 0 Å². The molecule has 2 aliphatic rings. The second-order valence-corrected chi connectivity index (χ2v) is 23.7. The van der Waals surface area contributed by atoms with Crippen molar-refractivity contribution >= 4 is 38.9 Å². The minimum Gasteiger partial charge on any atom is -0.465 e. The molecule has 0 bridgehead atoms. The van der Waals surface area contributed by atoms with Crippen LogP contribution < -0.4 is 5.32 Å². The van der Waals surface area contributed by atoms with Crippen LogP contribution >= 0.6 is 23.1 Å². The minimum absolute atomic E-state index is 0.0927. The van der Waals surface area contributed by atoms with Crippen LogP contribution in [0.15, 0.2) is 125 Å². The minimum atomic E-state index is -3.40. The number of aryl methyl sites for hydroxylation is 1. The number of methoxy groups -OCH3 is 1. The molecule has 0 saturated heterocycles. The number of carbonyl (C=O) groups excluding carboxylic acids is 1. The molecule has 4 aromatic rings. The summed E-state index contributed by atoms with van der Waals surface area (Å²) in [6.07, 6.45) is 23.6. The van der Waals surface area contributed by atoms with Gasteiger partial charge in [-0.05, 0) is 103 Å². The number of sulfone groups is 1. The average molecular weight is 974 g/mol. The summed E-state index contributed by atoms with van der Waals surface area (Å²) in [5, 5.41) is 16.4. The molecular weight excluding hydrogens is 891 g/mol. The number of thioether (sulfide) groups is 1. The quantitative estimate of drug-likeness (QED) is 0.0512. The van der Waals surface area contributed by atoms with Gasteiger partial charge in [0, 0.05) is 35.7 Å². The molecule has 0 radical (unpaired) electrons. The van der Waals surface area contributed by atoms with E-state index in [0.29, 0.717) is 24.3 Å². The van der Waals surface area contributed by atoms with Crippen molar-refractivity contribution in [3.05, 3.63) is 131 Å². The van der Waals surface area contributed by atoms with Crippen LogP contribution in [0.5, 0.6) is 0 Å². The van der Waals surface area contributed by atoms with Gasteiger partial charge in [0.1, 0.15) is 4.88 Å². The Hall–Kier alpha value is -3.90. The van der Waals surface area contributed by atoms with E-state index in [9.17, 15) is 18.3 Å². The number of aromatic nitrogens is 2. The Bertz CT molecular complexity index is 2230. The van der Waals surface area contributed by atoms with Crippen molar-refractivity contribution in [3.63, 3.8) is 0 Å². The first-order valence-electron chi connectivity index (χ1n) is 24.5. The monoisotopic (exact) mass is 974 g/mol. The standard InChI is InChI=1S/C16H22N2S.C15H24O4S2.C13H20O.C12H17N/c1-13(2)6-5-11-19-16-17-9-10-18(16)15-8-4-7-14(3)12-15;1-12(2)8-6-4-5-7-11-21(17,18)13-9-10-20-14(13)15(16)19-3;1-10(2)13(4,14)11(3)12-8-6-5-7-9-12;1-9(2)7-10-8-13-12-6-4-3-5-11(10)12/h4,7-10,12-13H,5-6,11H2,1-3H3;9-10,12H,4-8,11H2,1-3H3;5-11,14H,1-4H3;3-6,8-9,11-13H,7H2,1-2H3. The van der Waals surface area contributed by atoms with E-state index in [-0.39, 0.29) is 27.4 Å². The molecule has 0 fully saturated rings. The topological polar surface area (TPSA) is 111 Å². The molecule has 0 spiro atoms. The first-order chi connectivity index (χ1) is 31.8. The van der Waals surface area contributed by atoms with Crippen molar-refractivity contribution in [3.8, 4) is 5.69 Å². The number of allylic oxidation sites excluding steroid dienone is 2. The Labute approximate surface area is 414 Å². The molecule has 3 heterocycles. The lowest BCUT2D eigenvalue weighted by Gasteiger charge is -2.34. The zero-order chi connectivity index (χ0) is 49.6. The van der Waals surface area contributed by atoms with E-state index < -0.39 is 21.4 Å². The van der Waals surface area contributed by atoms with Crippen molar-refractivity contribution in [2.75, 3.05) is 18.6 Å². The molecule has 1 aliphatic carbocycles. The van der Waals surface area contributed by atoms with Gasteiger partial charge in [0.25, 0.3) is 0 Å². The predicted molar refractivity (Wildman–Crippen MR) is 285 cm³/mol. The molecule has 2 aromatic heterocycles. The van der Waals surface area contributed by atoms with Crippen LogP contribution in [0, 0.1) is 36.5 Å². The van der Waals surface area contributed by atoms with Crippen LogP contribution in [0.1, 0.15) is 147 Å². The van der Waals surface area contributed by atoms with Crippen molar-refractivity contribution < 1.29 is 23.1 Å². The van der Waals surface area contributed by atoms with Crippen LogP contribution in [0.2, 0.25) is 0 Å². The zero-order valence-electron chi connectivity index (χ0n) is 42.7. The van der Waals surface area contributed by atoms with Gasteiger partial charge >= 0.3 is 5.97 Å². The van der Waals surface area contributed by atoms with Gasteiger partial charge in [0.15, 0.2) is 15.0 Å². The molecule has 2 aromatic carbocycles. The molecule has 1 aliphatic heterocycles. The first-order valence-corrected chi connectivity index (χ1v) is 28.0. The summed E-state index contributed by atoms with van der Waals surface area (Å²) in [6, 6.07) is 20.7. The number of benzene rings is 2. The number of aliphatic hydroxyl groups is 1. The summed E-state index contributed by atoms with van der Waals surface area (Å²) < 4.78 is 31.3. The summed E-state index contributed by atoms with van der Waals surface area (Å²) in [7, 11) is -2.14. The van der Waals surface area contributed by atoms with Gasteiger partial charge in [-0.2, -0.15) is 0 Å². The maximum Gasteiger partial charge on any atom is 0.349 e. The fourth-order valence-corrected chi connectivity index (χ4v) is 11.5. The SMILES string of the molecule is CC(C)C(C)(O)C(C)c1ccccc1.CC(C)CC1=CNC2C=CC=CC12.COC(=O)c1sccc1S(=O)(=O)CCCCCCC(C)C.Cc1cccc(-n2ccnc2SCCCC(C)C)c1. The van der Waals surface area contributed by atoms with Crippen LogP contribution in [-0.2, 0) is 14.6 Å². The van der Waals surface area contributed by atoms with Crippen LogP contribution in [0.25, 0.3) is 5.69 Å². The van der Waals surface area contributed by atoms with E-state index in [2.05, 4.69) is 156 Å². The van der Waals surface area contributed by atoms with Gasteiger partial charge < -0.3 is 15.2 Å². The number of unbranched alkanes of at least 4 members (excludes halogenated alkanes) is 3. The number of fused-ring (bicyclic) bond motifs is 1. The highest BCUT2D eigenvalue weighted by Crippen LogP contribution is 2.34. The molecule has 370 valence electrons. The molecule has 4 atom stereocenters. The van der Waals surface area contributed by atoms with Gasteiger partial charge in [-0.1, -0.05) is 173 Å². The number of hydrogen-bond donors (Lipinski definition) is 2. The normalized spacial score (nSPS) is 16.5. The highest BCUT2D eigenvalue weighted by molar-refractivity contribution is 7.99. The van der Waals surface area contributed by atoms with Crippen LogP contribution in [0.3, 0.4) is 0 Å². The fourth-order valence-electron chi connectivity index (χ4n) is 7.78. The van der Waals surface area contributed by atoms with E-state index in [1.165, 1.54) is 55.7 Å². The Morgan fingerprint density at radius 2 is 1.55 bits per heavy atom. The van der Waals surface area contributed by atoms with E-state index in [1.807, 2.05) is 49.3 Å². The Balaban J connectivity index is 0.000000241. The number of hydrogen-bond acceptors (Lipinski definition) is 9. The van der Waals surface area contributed by atoms with E-state index in [1.54, 1.807) is 11.0 Å². The molecule has 4 unspecified atom stereocenters. The molecule has 2 N–H and O–H groups in total. The Kier molecular flexibility index (Phi) is 25.0. The maximum atomic E-state index is 12.3. The van der Waals surface area contributed by atoms with Crippen molar-refractivity contribution in [1.82, 2.24) is 14.9 Å². The van der Waals surface area contributed by atoms with Gasteiger partial charge in [0.2, 0.25) is 0 Å². The number of esters is 1. The molecule has 67 heavy (non-hydrogen) atoms. The lowest BCUT2D eigenvalue weighted by Crippen LogP contribution is -2.36. The van der Waals surface area contributed by atoms with Gasteiger partial charge in [0.05, 0.1) is 29.4 Å². The van der Waals surface area contributed by atoms with E-state index in [4.69, 9.17) is 0 Å². The number of carbonyl (C=O) groups is 1. The van der Waals surface area contributed by atoms with Gasteiger partial charge in [-0.25, -0.2) is 18.2 Å². The lowest BCUT2D eigenvalue weighted by molar-refractivity contribution is -0.00825. The Morgan fingerprint density at radius 1 is 0.881 bits per heavy atom. The third-order valence-corrected chi connectivity index (χ3v) is 16.2. The van der Waals surface area contributed by atoms with Crippen molar-refractivity contribution in [2.24, 2.45) is 29.6 Å².